The smallest absolute Gasteiger partial charge is 0.0570 e. The molecule has 118 valence electrons. The lowest BCUT2D eigenvalue weighted by Gasteiger charge is -2.44. The van der Waals surface area contributed by atoms with Crippen LogP contribution in [0.4, 0.5) is 0 Å². The van der Waals surface area contributed by atoms with Crippen molar-refractivity contribution in [2.75, 3.05) is 19.6 Å². The van der Waals surface area contributed by atoms with Crippen molar-refractivity contribution in [1.29, 1.82) is 0 Å². The molecule has 2 bridgehead atoms. The summed E-state index contributed by atoms with van der Waals surface area (Å²) in [6.45, 7) is 10.4. The molecular formula is C17H34N2O. The van der Waals surface area contributed by atoms with Gasteiger partial charge in [0.1, 0.15) is 0 Å². The summed E-state index contributed by atoms with van der Waals surface area (Å²) in [5.74, 6) is 0. The van der Waals surface area contributed by atoms with E-state index >= 15 is 0 Å². The van der Waals surface area contributed by atoms with Gasteiger partial charge in [-0.05, 0) is 56.9 Å². The van der Waals surface area contributed by atoms with Crippen molar-refractivity contribution in [3.05, 3.63) is 0 Å². The van der Waals surface area contributed by atoms with E-state index in [4.69, 9.17) is 0 Å². The second kappa shape index (κ2) is 7.24. The molecular weight excluding hydrogens is 248 g/mol. The number of nitrogens with zero attached hydrogens (tertiary/aromatic N) is 1. The first-order chi connectivity index (χ1) is 9.64. The molecule has 2 N–H and O–H groups in total. The molecule has 2 saturated heterocycles. The Balaban J connectivity index is 1.97. The summed E-state index contributed by atoms with van der Waals surface area (Å²) < 4.78 is 0. The Morgan fingerprint density at radius 1 is 1.10 bits per heavy atom. The Bertz CT molecular complexity index is 277. The fourth-order valence-electron chi connectivity index (χ4n) is 4.20. The zero-order valence-corrected chi connectivity index (χ0v) is 13.7. The molecule has 0 radical (unpaired) electrons. The number of aliphatic hydroxyl groups is 1. The van der Waals surface area contributed by atoms with Crippen LogP contribution < -0.4 is 5.32 Å². The third-order valence-corrected chi connectivity index (χ3v) is 5.80. The van der Waals surface area contributed by atoms with Gasteiger partial charge in [0.05, 0.1) is 6.10 Å². The summed E-state index contributed by atoms with van der Waals surface area (Å²) >= 11 is 0. The summed E-state index contributed by atoms with van der Waals surface area (Å²) in [6.07, 6.45) is 8.27. The first-order valence-corrected chi connectivity index (χ1v) is 8.78. The predicted molar refractivity (Wildman–Crippen MR) is 84.9 cm³/mol. The average Bonchev–Trinajstić information content (AvgIpc) is 2.69. The van der Waals surface area contributed by atoms with Crippen LogP contribution in [0.2, 0.25) is 0 Å². The van der Waals surface area contributed by atoms with E-state index in [1.165, 1.54) is 38.6 Å². The summed E-state index contributed by atoms with van der Waals surface area (Å²) in [6, 6.07) is 1.29. The van der Waals surface area contributed by atoms with Gasteiger partial charge < -0.3 is 10.4 Å². The van der Waals surface area contributed by atoms with Crippen LogP contribution in [-0.2, 0) is 0 Å². The maximum atomic E-state index is 9.95. The monoisotopic (exact) mass is 282 g/mol. The van der Waals surface area contributed by atoms with E-state index in [1.54, 1.807) is 0 Å². The fraction of sp³-hybridized carbons (Fsp3) is 1.00. The molecule has 0 aromatic heterocycles. The van der Waals surface area contributed by atoms with E-state index in [-0.39, 0.29) is 6.10 Å². The van der Waals surface area contributed by atoms with E-state index in [1.807, 2.05) is 0 Å². The lowest BCUT2D eigenvalue weighted by atomic mass is 9.80. The first-order valence-electron chi connectivity index (χ1n) is 8.78. The second-order valence-corrected chi connectivity index (χ2v) is 7.07. The van der Waals surface area contributed by atoms with Crippen molar-refractivity contribution in [1.82, 2.24) is 10.2 Å². The van der Waals surface area contributed by atoms with Gasteiger partial charge in [-0.1, -0.05) is 20.8 Å². The average molecular weight is 282 g/mol. The van der Waals surface area contributed by atoms with Gasteiger partial charge in [0.25, 0.3) is 0 Å². The first kappa shape index (κ1) is 16.3. The van der Waals surface area contributed by atoms with Gasteiger partial charge in [0.2, 0.25) is 0 Å². The van der Waals surface area contributed by atoms with Gasteiger partial charge in [0.15, 0.2) is 0 Å². The van der Waals surface area contributed by atoms with Crippen LogP contribution in [0.25, 0.3) is 0 Å². The predicted octanol–water partition coefficient (Wildman–Crippen LogP) is 2.78. The number of fused-ring (bicyclic) bond motifs is 2. The van der Waals surface area contributed by atoms with Crippen molar-refractivity contribution in [3.63, 3.8) is 0 Å². The quantitative estimate of drug-likeness (QED) is 0.672. The number of aliphatic hydroxyl groups excluding tert-OH is 1. The van der Waals surface area contributed by atoms with Gasteiger partial charge in [-0.25, -0.2) is 0 Å². The Morgan fingerprint density at radius 2 is 1.70 bits per heavy atom. The number of hydrogen-bond donors (Lipinski definition) is 2. The van der Waals surface area contributed by atoms with Crippen LogP contribution in [0.15, 0.2) is 0 Å². The molecule has 0 aliphatic carbocycles. The van der Waals surface area contributed by atoms with Crippen LogP contribution in [0.5, 0.6) is 0 Å². The minimum Gasteiger partial charge on any atom is -0.393 e. The largest absolute Gasteiger partial charge is 0.393 e. The molecule has 2 aliphatic rings. The Hall–Kier alpha value is -0.120. The van der Waals surface area contributed by atoms with Crippen LogP contribution >= 0.6 is 0 Å². The van der Waals surface area contributed by atoms with Gasteiger partial charge in [-0.2, -0.15) is 0 Å². The lowest BCUT2D eigenvalue weighted by molar-refractivity contribution is 0.00719. The zero-order valence-electron chi connectivity index (χ0n) is 13.7. The SMILES string of the molecule is CCCNCC(CC)(CC)CN1C2CCC1CC(O)C2. The number of hydrogen-bond acceptors (Lipinski definition) is 3. The maximum absolute atomic E-state index is 9.95. The highest BCUT2D eigenvalue weighted by Gasteiger charge is 2.43. The van der Waals surface area contributed by atoms with Crippen molar-refractivity contribution in [3.8, 4) is 0 Å². The summed E-state index contributed by atoms with van der Waals surface area (Å²) in [7, 11) is 0. The number of rotatable bonds is 8. The molecule has 0 aromatic carbocycles. The van der Waals surface area contributed by atoms with Gasteiger partial charge in [0, 0.05) is 25.2 Å². The summed E-state index contributed by atoms with van der Waals surface area (Å²) in [5, 5.41) is 13.6. The Kier molecular flexibility index (Phi) is 5.88. The normalized spacial score (nSPS) is 30.9. The molecule has 2 rings (SSSR count). The molecule has 0 aromatic rings. The molecule has 3 heteroatoms. The van der Waals surface area contributed by atoms with Crippen molar-refractivity contribution in [2.24, 2.45) is 5.41 Å². The van der Waals surface area contributed by atoms with E-state index in [0.29, 0.717) is 17.5 Å². The van der Waals surface area contributed by atoms with Crippen LogP contribution in [-0.4, -0.2) is 47.8 Å². The fourth-order valence-corrected chi connectivity index (χ4v) is 4.20. The van der Waals surface area contributed by atoms with Crippen LogP contribution in [0.3, 0.4) is 0 Å². The maximum Gasteiger partial charge on any atom is 0.0570 e. The van der Waals surface area contributed by atoms with Gasteiger partial charge >= 0.3 is 0 Å². The number of piperidine rings is 1. The van der Waals surface area contributed by atoms with Gasteiger partial charge in [-0.3, -0.25) is 4.90 Å². The third-order valence-electron chi connectivity index (χ3n) is 5.80. The molecule has 2 aliphatic heterocycles. The number of nitrogens with one attached hydrogen (secondary N) is 1. The Morgan fingerprint density at radius 3 is 2.20 bits per heavy atom. The lowest BCUT2D eigenvalue weighted by Crippen LogP contribution is -2.51. The summed E-state index contributed by atoms with van der Waals surface area (Å²) in [5.41, 5.74) is 0.415. The highest BCUT2D eigenvalue weighted by Crippen LogP contribution is 2.39. The molecule has 2 unspecified atom stereocenters. The van der Waals surface area contributed by atoms with Crippen LogP contribution in [0, 0.1) is 5.41 Å². The topological polar surface area (TPSA) is 35.5 Å². The second-order valence-electron chi connectivity index (χ2n) is 7.07. The van der Waals surface area contributed by atoms with Crippen molar-refractivity contribution < 1.29 is 5.11 Å². The minimum absolute atomic E-state index is 0.0420. The molecule has 0 spiro atoms. The third kappa shape index (κ3) is 3.55. The molecule has 0 amide bonds. The molecule has 0 saturated carbocycles. The minimum atomic E-state index is -0.0420. The van der Waals surface area contributed by atoms with Crippen molar-refractivity contribution in [2.45, 2.75) is 83.9 Å². The van der Waals surface area contributed by atoms with Gasteiger partial charge in [-0.15, -0.1) is 0 Å². The molecule has 3 nitrogen and oxygen atoms in total. The van der Waals surface area contributed by atoms with Crippen LogP contribution in [0.1, 0.15) is 65.7 Å². The van der Waals surface area contributed by atoms with E-state index in [0.717, 1.165) is 25.9 Å². The molecule has 2 fully saturated rings. The molecule has 2 atom stereocenters. The van der Waals surface area contributed by atoms with Crippen molar-refractivity contribution >= 4 is 0 Å². The zero-order chi connectivity index (χ0) is 14.6. The van der Waals surface area contributed by atoms with E-state index in [2.05, 4.69) is 31.0 Å². The summed E-state index contributed by atoms with van der Waals surface area (Å²) in [4.78, 5) is 2.74. The highest BCUT2D eigenvalue weighted by molar-refractivity contribution is 4.98. The standard InChI is InChI=1S/C17H34N2O/c1-4-9-18-12-17(5-2,6-3)13-19-14-7-8-15(19)11-16(20)10-14/h14-16,18,20H,4-13H2,1-3H3. The molecule has 2 heterocycles. The van der Waals surface area contributed by atoms with E-state index < -0.39 is 0 Å². The Labute approximate surface area is 125 Å². The van der Waals surface area contributed by atoms with E-state index in [9.17, 15) is 5.11 Å². The highest BCUT2D eigenvalue weighted by atomic mass is 16.3. The molecule has 20 heavy (non-hydrogen) atoms.